The van der Waals surface area contributed by atoms with Crippen LogP contribution >= 0.6 is 15.9 Å². The maximum Gasteiger partial charge on any atom is 0.337 e. The fourth-order valence-corrected chi connectivity index (χ4v) is 1.66. The van der Waals surface area contributed by atoms with Crippen molar-refractivity contribution in [3.05, 3.63) is 40.4 Å². The van der Waals surface area contributed by atoms with Crippen LogP contribution in [0.4, 0.5) is 10.1 Å². The van der Waals surface area contributed by atoms with Crippen LogP contribution in [0.1, 0.15) is 10.4 Å². The Morgan fingerprint density at radius 1 is 1.53 bits per heavy atom. The SMILES string of the molecule is Nc1cc(F)c(-n2cc(Br)cn2)cc1C(=O)O. The smallest absolute Gasteiger partial charge is 0.337 e. The van der Waals surface area contributed by atoms with E-state index in [0.717, 1.165) is 12.1 Å². The highest BCUT2D eigenvalue weighted by Gasteiger charge is 2.14. The predicted octanol–water partition coefficient (Wildman–Crippen LogP) is 2.05. The van der Waals surface area contributed by atoms with E-state index in [1.54, 1.807) is 0 Å². The van der Waals surface area contributed by atoms with Gasteiger partial charge in [-0.25, -0.2) is 13.9 Å². The van der Waals surface area contributed by atoms with E-state index in [2.05, 4.69) is 21.0 Å². The normalized spacial score (nSPS) is 10.5. The Labute approximate surface area is 104 Å². The maximum absolute atomic E-state index is 13.6. The van der Waals surface area contributed by atoms with Crippen molar-refractivity contribution in [2.75, 3.05) is 5.73 Å². The molecule has 17 heavy (non-hydrogen) atoms. The highest BCUT2D eigenvalue weighted by molar-refractivity contribution is 9.10. The molecule has 2 aromatic rings. The van der Waals surface area contributed by atoms with Gasteiger partial charge < -0.3 is 10.8 Å². The second-order valence-electron chi connectivity index (χ2n) is 3.30. The van der Waals surface area contributed by atoms with E-state index in [9.17, 15) is 9.18 Å². The number of aromatic nitrogens is 2. The molecule has 5 nitrogen and oxygen atoms in total. The zero-order valence-corrected chi connectivity index (χ0v) is 9.98. The number of anilines is 1. The first-order valence-corrected chi connectivity index (χ1v) is 5.31. The summed E-state index contributed by atoms with van der Waals surface area (Å²) in [5, 5.41) is 12.8. The number of hydrogen-bond acceptors (Lipinski definition) is 3. The lowest BCUT2D eigenvalue weighted by Crippen LogP contribution is -2.07. The molecule has 1 aromatic heterocycles. The molecule has 7 heteroatoms. The van der Waals surface area contributed by atoms with Crippen molar-refractivity contribution in [3.63, 3.8) is 0 Å². The number of aromatic carboxylic acids is 1. The number of halogens is 2. The minimum Gasteiger partial charge on any atom is -0.478 e. The summed E-state index contributed by atoms with van der Waals surface area (Å²) in [5.74, 6) is -1.85. The highest BCUT2D eigenvalue weighted by atomic mass is 79.9. The molecule has 0 unspecified atom stereocenters. The number of carbonyl (C=O) groups is 1. The third kappa shape index (κ3) is 2.14. The standard InChI is InChI=1S/C10H7BrFN3O2/c11-5-3-14-15(4-5)9-1-6(10(16)17)8(13)2-7(9)12/h1-4H,13H2,(H,16,17). The van der Waals surface area contributed by atoms with Crippen LogP contribution in [-0.2, 0) is 0 Å². The first-order valence-electron chi connectivity index (χ1n) is 4.52. The van der Waals surface area contributed by atoms with Crippen molar-refractivity contribution in [1.29, 1.82) is 0 Å². The molecule has 0 saturated carbocycles. The van der Waals surface area contributed by atoms with E-state index >= 15 is 0 Å². The third-order valence-electron chi connectivity index (χ3n) is 2.15. The molecule has 0 spiro atoms. The van der Waals surface area contributed by atoms with Crippen molar-refractivity contribution >= 4 is 27.6 Å². The molecule has 0 saturated heterocycles. The quantitative estimate of drug-likeness (QED) is 0.832. The van der Waals surface area contributed by atoms with Crippen LogP contribution in [0, 0.1) is 5.82 Å². The van der Waals surface area contributed by atoms with Crippen molar-refractivity contribution < 1.29 is 14.3 Å². The minimum absolute atomic E-state index is 0.0299. The van der Waals surface area contributed by atoms with Crippen LogP contribution < -0.4 is 5.73 Å². The van der Waals surface area contributed by atoms with Crippen molar-refractivity contribution in [2.45, 2.75) is 0 Å². The van der Waals surface area contributed by atoms with E-state index in [1.807, 2.05) is 0 Å². The van der Waals surface area contributed by atoms with Gasteiger partial charge in [0.05, 0.1) is 16.2 Å². The maximum atomic E-state index is 13.6. The highest BCUT2D eigenvalue weighted by Crippen LogP contribution is 2.22. The number of rotatable bonds is 2. The molecular formula is C10H7BrFN3O2. The molecule has 1 heterocycles. The summed E-state index contributed by atoms with van der Waals surface area (Å²) >= 11 is 3.17. The van der Waals surface area contributed by atoms with E-state index in [1.165, 1.54) is 17.1 Å². The summed E-state index contributed by atoms with van der Waals surface area (Å²) in [4.78, 5) is 10.9. The second kappa shape index (κ2) is 4.17. The van der Waals surface area contributed by atoms with Gasteiger partial charge in [0.2, 0.25) is 0 Å². The molecular weight excluding hydrogens is 293 g/mol. The molecule has 0 aliphatic carbocycles. The number of hydrogen-bond donors (Lipinski definition) is 2. The van der Waals surface area contributed by atoms with Gasteiger partial charge in [0.25, 0.3) is 0 Å². The predicted molar refractivity (Wildman–Crippen MR) is 62.6 cm³/mol. The van der Waals surface area contributed by atoms with Crippen molar-refractivity contribution in [2.24, 2.45) is 0 Å². The number of benzene rings is 1. The Balaban J connectivity index is 2.62. The fraction of sp³-hybridized carbons (Fsp3) is 0. The number of carboxylic acid groups (broad SMARTS) is 1. The number of nitrogen functional groups attached to an aromatic ring is 1. The molecule has 0 amide bonds. The molecule has 0 aliphatic rings. The monoisotopic (exact) mass is 299 g/mol. The van der Waals surface area contributed by atoms with Gasteiger partial charge in [0, 0.05) is 11.9 Å². The zero-order chi connectivity index (χ0) is 12.6. The van der Waals surface area contributed by atoms with Gasteiger partial charge >= 0.3 is 5.97 Å². The van der Waals surface area contributed by atoms with Crippen molar-refractivity contribution in [3.8, 4) is 5.69 Å². The number of carboxylic acids is 1. The molecule has 0 atom stereocenters. The van der Waals surface area contributed by atoms with Crippen LogP contribution in [0.5, 0.6) is 0 Å². The Morgan fingerprint density at radius 2 is 2.24 bits per heavy atom. The Bertz CT molecular complexity index is 597. The van der Waals surface area contributed by atoms with Crippen LogP contribution in [0.25, 0.3) is 5.69 Å². The van der Waals surface area contributed by atoms with Gasteiger partial charge in [-0.1, -0.05) is 0 Å². The van der Waals surface area contributed by atoms with E-state index in [0.29, 0.717) is 4.47 Å². The summed E-state index contributed by atoms with van der Waals surface area (Å²) < 4.78 is 15.5. The van der Waals surface area contributed by atoms with Gasteiger partial charge in [0.15, 0.2) is 5.82 Å². The van der Waals surface area contributed by atoms with Gasteiger partial charge in [-0.2, -0.15) is 5.10 Å². The molecule has 3 N–H and O–H groups in total. The molecule has 2 rings (SSSR count). The Kier molecular flexibility index (Phi) is 2.84. The van der Waals surface area contributed by atoms with Crippen LogP contribution in [0.15, 0.2) is 29.0 Å². The van der Waals surface area contributed by atoms with Gasteiger partial charge in [-0.3, -0.25) is 0 Å². The first kappa shape index (κ1) is 11.6. The van der Waals surface area contributed by atoms with Gasteiger partial charge in [-0.15, -0.1) is 0 Å². The molecule has 0 fully saturated rings. The lowest BCUT2D eigenvalue weighted by molar-refractivity contribution is 0.0698. The molecule has 1 aromatic carbocycles. The van der Waals surface area contributed by atoms with E-state index < -0.39 is 11.8 Å². The van der Waals surface area contributed by atoms with E-state index in [4.69, 9.17) is 10.8 Å². The van der Waals surface area contributed by atoms with Gasteiger partial charge in [0.1, 0.15) is 5.69 Å². The Morgan fingerprint density at radius 3 is 2.76 bits per heavy atom. The van der Waals surface area contributed by atoms with Crippen LogP contribution in [0.3, 0.4) is 0 Å². The molecule has 0 bridgehead atoms. The summed E-state index contributed by atoms with van der Waals surface area (Å²) in [7, 11) is 0. The van der Waals surface area contributed by atoms with Crippen molar-refractivity contribution in [1.82, 2.24) is 9.78 Å². The first-order chi connectivity index (χ1) is 7.99. The summed E-state index contributed by atoms with van der Waals surface area (Å²) in [6.45, 7) is 0. The third-order valence-corrected chi connectivity index (χ3v) is 2.56. The zero-order valence-electron chi connectivity index (χ0n) is 8.39. The average molecular weight is 300 g/mol. The largest absolute Gasteiger partial charge is 0.478 e. The molecule has 0 aliphatic heterocycles. The summed E-state index contributed by atoms with van der Waals surface area (Å²) in [6, 6.07) is 2.11. The van der Waals surface area contributed by atoms with Crippen LogP contribution in [-0.4, -0.2) is 20.9 Å². The number of nitrogens with two attached hydrogens (primary N) is 1. The fourth-order valence-electron chi connectivity index (χ4n) is 1.37. The topological polar surface area (TPSA) is 81.1 Å². The minimum atomic E-state index is -1.21. The van der Waals surface area contributed by atoms with Gasteiger partial charge in [-0.05, 0) is 28.1 Å². The number of nitrogens with zero attached hydrogens (tertiary/aromatic N) is 2. The average Bonchev–Trinajstić information content (AvgIpc) is 2.64. The lowest BCUT2D eigenvalue weighted by atomic mass is 10.1. The van der Waals surface area contributed by atoms with E-state index in [-0.39, 0.29) is 16.9 Å². The Hall–Kier alpha value is -1.89. The second-order valence-corrected chi connectivity index (χ2v) is 4.21. The molecule has 0 radical (unpaired) electrons. The lowest BCUT2D eigenvalue weighted by Gasteiger charge is -2.07. The van der Waals surface area contributed by atoms with Crippen LogP contribution in [0.2, 0.25) is 0 Å². The molecule has 88 valence electrons. The summed E-state index contributed by atoms with van der Waals surface area (Å²) in [5.41, 5.74) is 5.17. The summed E-state index contributed by atoms with van der Waals surface area (Å²) in [6.07, 6.45) is 2.98.